The highest BCUT2D eigenvalue weighted by Crippen LogP contribution is 2.39. The van der Waals surface area contributed by atoms with Crippen molar-refractivity contribution >= 4 is 29.0 Å². The lowest BCUT2D eigenvalue weighted by molar-refractivity contribution is 0.0954. The largest absolute Gasteiger partial charge is 0.497 e. The Labute approximate surface area is 250 Å². The molecular weight excluding hydrogens is 542 g/mol. The van der Waals surface area contributed by atoms with Gasteiger partial charge >= 0.3 is 6.03 Å². The molecule has 2 aliphatic rings. The number of carbonyl (C=O) groups is 2. The third-order valence-electron chi connectivity index (χ3n) is 8.20. The first-order valence-corrected chi connectivity index (χ1v) is 14.6. The number of rotatable bonds is 8. The Bertz CT molecular complexity index is 1690. The standard InChI is InChI=1S/C34H35N5O4/c1-43-28-10-5-9-27(19-28)36-34(42)37-29-18-25(33(41)35-16-15-23-7-3-2-4-8-23)13-14-31(29)38-20-24-17-26(22-38)30-11-6-12-32(40)39(30)21-24/h2-14,18-19,24,26H,15-17,20-22H2,1H3,(H,35,41)(H2,36,37,42). The van der Waals surface area contributed by atoms with E-state index in [-0.39, 0.29) is 17.4 Å². The molecule has 0 radical (unpaired) electrons. The molecule has 1 fully saturated rings. The molecule has 0 saturated carbocycles. The summed E-state index contributed by atoms with van der Waals surface area (Å²) in [7, 11) is 1.57. The maximum Gasteiger partial charge on any atom is 0.323 e. The summed E-state index contributed by atoms with van der Waals surface area (Å²) in [6, 6.07) is 27.6. The molecule has 3 aromatic carbocycles. The molecule has 3 N–H and O–H groups in total. The predicted octanol–water partition coefficient (Wildman–Crippen LogP) is 5.10. The first-order chi connectivity index (χ1) is 21.0. The first-order valence-electron chi connectivity index (χ1n) is 14.6. The minimum absolute atomic E-state index is 0.0415. The van der Waals surface area contributed by atoms with Crippen LogP contribution in [0.5, 0.6) is 5.75 Å². The summed E-state index contributed by atoms with van der Waals surface area (Å²) < 4.78 is 7.18. The van der Waals surface area contributed by atoms with E-state index in [0.717, 1.165) is 36.3 Å². The van der Waals surface area contributed by atoms with E-state index in [2.05, 4.69) is 20.9 Å². The number of aromatic nitrogens is 1. The number of carbonyl (C=O) groups excluding carboxylic acids is 2. The van der Waals surface area contributed by atoms with Gasteiger partial charge in [0.1, 0.15) is 5.75 Å². The van der Waals surface area contributed by atoms with E-state index in [1.807, 2.05) is 53.1 Å². The van der Waals surface area contributed by atoms with Crippen LogP contribution in [0.25, 0.3) is 0 Å². The highest BCUT2D eigenvalue weighted by atomic mass is 16.5. The zero-order valence-electron chi connectivity index (χ0n) is 24.1. The van der Waals surface area contributed by atoms with E-state index in [1.54, 1.807) is 49.6 Å². The van der Waals surface area contributed by atoms with Crippen molar-refractivity contribution in [3.63, 3.8) is 0 Å². The molecule has 2 atom stereocenters. The van der Waals surface area contributed by atoms with Crippen molar-refractivity contribution in [1.82, 2.24) is 9.88 Å². The summed E-state index contributed by atoms with van der Waals surface area (Å²) in [5.74, 6) is 0.918. The van der Waals surface area contributed by atoms with E-state index in [1.165, 1.54) is 0 Å². The van der Waals surface area contributed by atoms with Gasteiger partial charge < -0.3 is 30.2 Å². The molecular formula is C34H35N5O4. The van der Waals surface area contributed by atoms with Gasteiger partial charge in [0.05, 0.1) is 18.5 Å². The molecule has 0 aliphatic carbocycles. The molecule has 3 amide bonds. The minimum Gasteiger partial charge on any atom is -0.497 e. The van der Waals surface area contributed by atoms with Crippen LogP contribution < -0.4 is 31.1 Å². The lowest BCUT2D eigenvalue weighted by atomic mass is 9.83. The highest BCUT2D eigenvalue weighted by Gasteiger charge is 2.35. The fourth-order valence-electron chi connectivity index (χ4n) is 6.20. The molecule has 9 nitrogen and oxygen atoms in total. The van der Waals surface area contributed by atoms with Crippen LogP contribution >= 0.6 is 0 Å². The van der Waals surface area contributed by atoms with Crippen molar-refractivity contribution in [2.75, 3.05) is 42.3 Å². The molecule has 43 heavy (non-hydrogen) atoms. The number of methoxy groups -OCH3 is 1. The van der Waals surface area contributed by atoms with Gasteiger partial charge in [0.15, 0.2) is 0 Å². The predicted molar refractivity (Wildman–Crippen MR) is 168 cm³/mol. The Kier molecular flexibility index (Phi) is 8.13. The lowest BCUT2D eigenvalue weighted by Gasteiger charge is -2.44. The molecule has 1 aromatic heterocycles. The van der Waals surface area contributed by atoms with Crippen molar-refractivity contribution < 1.29 is 14.3 Å². The number of piperidine rings is 1. The van der Waals surface area contributed by atoms with E-state index >= 15 is 0 Å². The van der Waals surface area contributed by atoms with Crippen molar-refractivity contribution in [3.8, 4) is 5.75 Å². The van der Waals surface area contributed by atoms with Gasteiger partial charge in [-0.25, -0.2) is 4.79 Å². The van der Waals surface area contributed by atoms with Crippen molar-refractivity contribution in [2.45, 2.75) is 25.3 Å². The van der Waals surface area contributed by atoms with Gasteiger partial charge in [0, 0.05) is 61.2 Å². The number of urea groups is 1. The Morgan fingerprint density at radius 2 is 1.72 bits per heavy atom. The second-order valence-corrected chi connectivity index (χ2v) is 11.1. The number of fused-ring (bicyclic) bond motifs is 4. The molecule has 2 unspecified atom stereocenters. The number of pyridine rings is 1. The van der Waals surface area contributed by atoms with Crippen LogP contribution in [0.2, 0.25) is 0 Å². The minimum atomic E-state index is -0.426. The quantitative estimate of drug-likeness (QED) is 0.270. The van der Waals surface area contributed by atoms with Crippen LogP contribution in [0, 0.1) is 5.92 Å². The molecule has 220 valence electrons. The molecule has 9 heteroatoms. The number of anilines is 3. The number of benzene rings is 3. The summed E-state index contributed by atoms with van der Waals surface area (Å²) in [6.07, 6.45) is 1.74. The van der Waals surface area contributed by atoms with Crippen LogP contribution in [0.3, 0.4) is 0 Å². The number of hydrogen-bond acceptors (Lipinski definition) is 5. The third-order valence-corrected chi connectivity index (χ3v) is 8.20. The highest BCUT2D eigenvalue weighted by molar-refractivity contribution is 6.04. The van der Waals surface area contributed by atoms with Crippen LogP contribution in [0.1, 0.15) is 34.0 Å². The molecule has 0 spiro atoms. The number of ether oxygens (including phenoxy) is 1. The molecule has 4 aromatic rings. The second-order valence-electron chi connectivity index (χ2n) is 11.1. The van der Waals surface area contributed by atoms with E-state index in [0.29, 0.717) is 48.2 Å². The van der Waals surface area contributed by atoms with Gasteiger partial charge in [-0.15, -0.1) is 0 Å². The van der Waals surface area contributed by atoms with Gasteiger partial charge in [0.2, 0.25) is 0 Å². The maximum absolute atomic E-state index is 13.2. The molecule has 2 bridgehead atoms. The topological polar surface area (TPSA) is 105 Å². The van der Waals surface area contributed by atoms with Gasteiger partial charge in [-0.2, -0.15) is 0 Å². The average molecular weight is 578 g/mol. The van der Waals surface area contributed by atoms with Crippen LogP contribution in [-0.2, 0) is 13.0 Å². The smallest absolute Gasteiger partial charge is 0.323 e. The Hall–Kier alpha value is -5.05. The maximum atomic E-state index is 13.2. The Morgan fingerprint density at radius 1 is 0.884 bits per heavy atom. The normalized spacial score (nSPS) is 17.0. The van der Waals surface area contributed by atoms with Gasteiger partial charge in [-0.1, -0.05) is 42.5 Å². The number of nitrogens with one attached hydrogen (secondary N) is 3. The molecule has 2 aliphatic heterocycles. The summed E-state index contributed by atoms with van der Waals surface area (Å²) in [5.41, 5.74) is 4.66. The van der Waals surface area contributed by atoms with Crippen LogP contribution in [-0.4, -0.2) is 43.2 Å². The second kappa shape index (κ2) is 12.4. The van der Waals surface area contributed by atoms with E-state index in [9.17, 15) is 14.4 Å². The third kappa shape index (κ3) is 6.40. The SMILES string of the molecule is COc1cccc(NC(=O)Nc2cc(C(=O)NCCc3ccccc3)ccc2N2CC3CC(C2)c2cccc(=O)n2C3)c1. The fourth-order valence-corrected chi connectivity index (χ4v) is 6.20. The van der Waals surface area contributed by atoms with Crippen LogP contribution in [0.15, 0.2) is 95.8 Å². The van der Waals surface area contributed by atoms with Gasteiger partial charge in [-0.3, -0.25) is 9.59 Å². The van der Waals surface area contributed by atoms with Gasteiger partial charge in [-0.05, 0) is 60.7 Å². The Balaban J connectivity index is 1.24. The molecule has 3 heterocycles. The molecule has 6 rings (SSSR count). The average Bonchev–Trinajstić information content (AvgIpc) is 3.02. The Morgan fingerprint density at radius 3 is 2.56 bits per heavy atom. The summed E-state index contributed by atoms with van der Waals surface area (Å²) in [5, 5.41) is 8.87. The van der Waals surface area contributed by atoms with Crippen molar-refractivity contribution in [3.05, 3.63) is 118 Å². The summed E-state index contributed by atoms with van der Waals surface area (Å²) in [6.45, 7) is 2.61. The number of hydrogen-bond donors (Lipinski definition) is 3. The summed E-state index contributed by atoms with van der Waals surface area (Å²) >= 11 is 0. The summed E-state index contributed by atoms with van der Waals surface area (Å²) in [4.78, 5) is 41.1. The zero-order chi connectivity index (χ0) is 29.8. The molecule has 1 saturated heterocycles. The number of nitrogens with zero attached hydrogens (tertiary/aromatic N) is 2. The fraction of sp³-hybridized carbons (Fsp3) is 0.265. The van der Waals surface area contributed by atoms with Crippen molar-refractivity contribution in [2.24, 2.45) is 5.92 Å². The zero-order valence-corrected chi connectivity index (χ0v) is 24.1. The van der Waals surface area contributed by atoms with Crippen LogP contribution in [0.4, 0.5) is 21.9 Å². The number of amides is 3. The lowest BCUT2D eigenvalue weighted by Crippen LogP contribution is -2.47. The first kappa shape index (κ1) is 28.1. The van der Waals surface area contributed by atoms with Gasteiger partial charge in [0.25, 0.3) is 11.5 Å². The van der Waals surface area contributed by atoms with E-state index < -0.39 is 6.03 Å². The van der Waals surface area contributed by atoms with E-state index in [4.69, 9.17) is 4.74 Å². The van der Waals surface area contributed by atoms with Crippen molar-refractivity contribution in [1.29, 1.82) is 0 Å². The monoisotopic (exact) mass is 577 g/mol.